The Bertz CT molecular complexity index is 869. The lowest BCUT2D eigenvalue weighted by molar-refractivity contribution is 0.0661. The predicted molar refractivity (Wildman–Crippen MR) is 84.4 cm³/mol. The van der Waals surface area contributed by atoms with Crippen molar-refractivity contribution in [3.63, 3.8) is 0 Å². The lowest BCUT2D eigenvalue weighted by Crippen LogP contribution is -2.15. The molecule has 0 unspecified atom stereocenters. The first kappa shape index (κ1) is 14.0. The Morgan fingerprint density at radius 2 is 1.76 bits per heavy atom. The smallest absolute Gasteiger partial charge is 0.372 e. The van der Waals surface area contributed by atoms with Gasteiger partial charge in [0.15, 0.2) is 0 Å². The average molecular weight is 303 g/mol. The zero-order valence-electron chi connectivity index (χ0n) is 12.0. The van der Waals surface area contributed by atoms with E-state index in [9.17, 15) is 9.90 Å². The molecule has 0 aliphatic carbocycles. The molecule has 0 saturated carbocycles. The van der Waals surface area contributed by atoms with Gasteiger partial charge in [-0.1, -0.05) is 56.6 Å². The molecule has 3 rings (SSSR count). The molecule has 1 heterocycles. The van der Waals surface area contributed by atoms with Crippen LogP contribution in [0.3, 0.4) is 0 Å². The van der Waals surface area contributed by atoms with E-state index in [1.807, 2.05) is 45.0 Å². The predicted octanol–water partition coefficient (Wildman–Crippen LogP) is 5.24. The molecule has 1 N–H and O–H groups in total. The van der Waals surface area contributed by atoms with Crippen molar-refractivity contribution in [3.05, 3.63) is 46.7 Å². The van der Waals surface area contributed by atoms with Crippen molar-refractivity contribution < 1.29 is 14.3 Å². The maximum Gasteiger partial charge on any atom is 0.372 e. The summed E-state index contributed by atoms with van der Waals surface area (Å²) in [6.45, 7) is 5.90. The van der Waals surface area contributed by atoms with Crippen LogP contribution in [0.25, 0.3) is 21.7 Å². The molecule has 0 spiro atoms. The molecule has 2 aromatic carbocycles. The van der Waals surface area contributed by atoms with Gasteiger partial charge in [0.2, 0.25) is 5.76 Å². The zero-order chi connectivity index (χ0) is 15.4. The van der Waals surface area contributed by atoms with Gasteiger partial charge < -0.3 is 9.52 Å². The Labute approximate surface area is 127 Å². The first-order chi connectivity index (χ1) is 9.80. The fraction of sp³-hybridized carbons (Fsp3) is 0.235. The van der Waals surface area contributed by atoms with Crippen LogP contribution in [0.1, 0.15) is 36.9 Å². The number of halogens is 1. The molecule has 0 atom stereocenters. The third kappa shape index (κ3) is 2.09. The SMILES string of the molecule is CC(C)(C)c1c(C(=O)O)oc2c1cc(Cl)c1ccccc12. The molecule has 0 amide bonds. The van der Waals surface area contributed by atoms with Crippen LogP contribution in [-0.4, -0.2) is 11.1 Å². The molecule has 0 aliphatic rings. The number of benzene rings is 2. The molecule has 0 saturated heterocycles. The average Bonchev–Trinajstić information content (AvgIpc) is 2.78. The molecule has 3 aromatic rings. The number of carbonyl (C=O) groups is 1. The van der Waals surface area contributed by atoms with Crippen LogP contribution >= 0.6 is 11.6 Å². The highest BCUT2D eigenvalue weighted by atomic mass is 35.5. The third-order valence-corrected chi connectivity index (χ3v) is 3.90. The van der Waals surface area contributed by atoms with Crippen molar-refractivity contribution in [2.75, 3.05) is 0 Å². The Kier molecular flexibility index (Phi) is 2.99. The van der Waals surface area contributed by atoms with Crippen LogP contribution in [-0.2, 0) is 5.41 Å². The number of rotatable bonds is 1. The number of carboxylic acids is 1. The van der Waals surface area contributed by atoms with Crippen LogP contribution in [0.2, 0.25) is 5.02 Å². The third-order valence-electron chi connectivity index (χ3n) is 3.59. The monoisotopic (exact) mass is 302 g/mol. The van der Waals surface area contributed by atoms with Crippen molar-refractivity contribution in [2.45, 2.75) is 26.2 Å². The summed E-state index contributed by atoms with van der Waals surface area (Å²) in [7, 11) is 0. The summed E-state index contributed by atoms with van der Waals surface area (Å²) in [5.74, 6) is -1.07. The maximum absolute atomic E-state index is 11.5. The molecule has 3 nitrogen and oxygen atoms in total. The van der Waals surface area contributed by atoms with Gasteiger partial charge in [0.25, 0.3) is 0 Å². The molecular weight excluding hydrogens is 288 g/mol. The molecular formula is C17H15ClO3. The Hall–Kier alpha value is -2.00. The van der Waals surface area contributed by atoms with E-state index in [0.29, 0.717) is 16.2 Å². The minimum Gasteiger partial charge on any atom is -0.475 e. The van der Waals surface area contributed by atoms with E-state index in [0.717, 1.165) is 16.2 Å². The molecule has 108 valence electrons. The number of furan rings is 1. The standard InChI is InChI=1S/C17H15ClO3/c1-17(2,3)13-11-8-12(18)9-6-4-5-7-10(9)14(11)21-15(13)16(19)20/h4-8H,1-3H3,(H,19,20). The van der Waals surface area contributed by atoms with E-state index < -0.39 is 5.97 Å². The summed E-state index contributed by atoms with van der Waals surface area (Å²) < 4.78 is 5.70. The first-order valence-electron chi connectivity index (χ1n) is 6.68. The van der Waals surface area contributed by atoms with E-state index in [-0.39, 0.29) is 11.2 Å². The second-order valence-electron chi connectivity index (χ2n) is 6.14. The quantitative estimate of drug-likeness (QED) is 0.669. The number of aromatic carboxylic acids is 1. The highest BCUT2D eigenvalue weighted by Crippen LogP contribution is 2.41. The van der Waals surface area contributed by atoms with Crippen molar-refractivity contribution in [3.8, 4) is 0 Å². The summed E-state index contributed by atoms with van der Waals surface area (Å²) in [4.78, 5) is 11.5. The van der Waals surface area contributed by atoms with Gasteiger partial charge in [-0.05, 0) is 11.5 Å². The molecule has 0 fully saturated rings. The van der Waals surface area contributed by atoms with Gasteiger partial charge in [-0.3, -0.25) is 0 Å². The molecule has 4 heteroatoms. The largest absolute Gasteiger partial charge is 0.475 e. The summed E-state index contributed by atoms with van der Waals surface area (Å²) in [5, 5.41) is 12.5. The van der Waals surface area contributed by atoms with Crippen LogP contribution in [0.5, 0.6) is 0 Å². The number of carboxylic acid groups (broad SMARTS) is 1. The highest BCUT2D eigenvalue weighted by Gasteiger charge is 2.30. The maximum atomic E-state index is 11.5. The van der Waals surface area contributed by atoms with Gasteiger partial charge in [0, 0.05) is 26.7 Å². The van der Waals surface area contributed by atoms with E-state index in [2.05, 4.69) is 0 Å². The van der Waals surface area contributed by atoms with E-state index >= 15 is 0 Å². The highest BCUT2D eigenvalue weighted by molar-refractivity contribution is 6.37. The Morgan fingerprint density at radius 3 is 2.33 bits per heavy atom. The zero-order valence-corrected chi connectivity index (χ0v) is 12.8. The molecule has 0 bridgehead atoms. The van der Waals surface area contributed by atoms with Gasteiger partial charge in [-0.25, -0.2) is 4.79 Å². The number of hydrogen-bond donors (Lipinski definition) is 1. The second kappa shape index (κ2) is 4.50. The number of fused-ring (bicyclic) bond motifs is 3. The Morgan fingerprint density at radius 1 is 1.14 bits per heavy atom. The molecule has 1 aromatic heterocycles. The summed E-state index contributed by atoms with van der Waals surface area (Å²) in [6.07, 6.45) is 0. The van der Waals surface area contributed by atoms with Crippen molar-refractivity contribution >= 4 is 39.3 Å². The van der Waals surface area contributed by atoms with Crippen molar-refractivity contribution in [1.29, 1.82) is 0 Å². The van der Waals surface area contributed by atoms with E-state index in [1.165, 1.54) is 0 Å². The normalized spacial score (nSPS) is 12.2. The van der Waals surface area contributed by atoms with E-state index in [4.69, 9.17) is 16.0 Å². The fourth-order valence-electron chi connectivity index (χ4n) is 2.77. The summed E-state index contributed by atoms with van der Waals surface area (Å²) >= 11 is 6.36. The lowest BCUT2D eigenvalue weighted by Gasteiger charge is -2.18. The topological polar surface area (TPSA) is 50.4 Å². The first-order valence-corrected chi connectivity index (χ1v) is 7.06. The second-order valence-corrected chi connectivity index (χ2v) is 6.55. The minimum absolute atomic E-state index is 0.00933. The molecule has 0 radical (unpaired) electrons. The van der Waals surface area contributed by atoms with Crippen LogP contribution in [0, 0.1) is 0 Å². The van der Waals surface area contributed by atoms with Gasteiger partial charge >= 0.3 is 5.97 Å². The van der Waals surface area contributed by atoms with Crippen LogP contribution in [0.15, 0.2) is 34.7 Å². The van der Waals surface area contributed by atoms with Crippen LogP contribution in [0.4, 0.5) is 0 Å². The Balaban J connectivity index is 2.56. The lowest BCUT2D eigenvalue weighted by atomic mass is 9.84. The van der Waals surface area contributed by atoms with Crippen molar-refractivity contribution in [1.82, 2.24) is 0 Å². The van der Waals surface area contributed by atoms with Crippen molar-refractivity contribution in [2.24, 2.45) is 0 Å². The fourth-order valence-corrected chi connectivity index (χ4v) is 3.04. The van der Waals surface area contributed by atoms with Gasteiger partial charge in [-0.2, -0.15) is 0 Å². The molecule has 21 heavy (non-hydrogen) atoms. The summed E-state index contributed by atoms with van der Waals surface area (Å²) in [6, 6.07) is 9.38. The molecule has 0 aliphatic heterocycles. The minimum atomic E-state index is -1.06. The van der Waals surface area contributed by atoms with Gasteiger partial charge in [0.05, 0.1) is 0 Å². The van der Waals surface area contributed by atoms with Gasteiger partial charge in [0.1, 0.15) is 5.58 Å². The summed E-state index contributed by atoms with van der Waals surface area (Å²) in [5.41, 5.74) is 0.903. The van der Waals surface area contributed by atoms with Crippen LogP contribution < -0.4 is 0 Å². The van der Waals surface area contributed by atoms with Gasteiger partial charge in [-0.15, -0.1) is 0 Å². The van der Waals surface area contributed by atoms with E-state index in [1.54, 1.807) is 6.07 Å². The number of hydrogen-bond acceptors (Lipinski definition) is 2.